The molecule has 0 atom stereocenters. The number of aryl methyl sites for hydroxylation is 1. The van der Waals surface area contributed by atoms with E-state index in [-0.39, 0.29) is 5.78 Å². The molecule has 2 aromatic carbocycles. The van der Waals surface area contributed by atoms with Gasteiger partial charge < -0.3 is 5.73 Å². The van der Waals surface area contributed by atoms with E-state index in [1.54, 1.807) is 0 Å². The molecule has 1 heterocycles. The quantitative estimate of drug-likeness (QED) is 0.701. The molecule has 4 rings (SSSR count). The fourth-order valence-corrected chi connectivity index (χ4v) is 3.25. The van der Waals surface area contributed by atoms with Crippen LogP contribution in [0.5, 0.6) is 0 Å². The van der Waals surface area contributed by atoms with Gasteiger partial charge in [-0.2, -0.15) is 0 Å². The van der Waals surface area contributed by atoms with Gasteiger partial charge in [0.25, 0.3) is 0 Å². The van der Waals surface area contributed by atoms with E-state index in [2.05, 4.69) is 4.98 Å². The summed E-state index contributed by atoms with van der Waals surface area (Å²) in [5, 5.41) is 0.843. The summed E-state index contributed by atoms with van der Waals surface area (Å²) >= 11 is 0. The number of aromatic nitrogens is 1. The summed E-state index contributed by atoms with van der Waals surface area (Å²) < 4.78 is 0. The average Bonchev–Trinajstić information content (AvgIpc) is 2.64. The number of carbonyl (C=O) groups is 1. The van der Waals surface area contributed by atoms with Gasteiger partial charge in [-0.05, 0) is 24.5 Å². The Morgan fingerprint density at radius 1 is 0.960 bits per heavy atom. The number of anilines is 1. The van der Waals surface area contributed by atoms with Crippen molar-refractivity contribution in [3.63, 3.8) is 0 Å². The number of nitrogens with two attached hydrogens (primary N) is 1. The summed E-state index contributed by atoms with van der Waals surface area (Å²) in [6.45, 7) is 0. The van der Waals surface area contributed by atoms with Crippen molar-refractivity contribution < 1.29 is 4.79 Å². The lowest BCUT2D eigenvalue weighted by atomic mass is 9.87. The van der Waals surface area contributed by atoms with E-state index in [9.17, 15) is 4.79 Å². The number of fused-ring (bicyclic) bond motifs is 2. The highest BCUT2D eigenvalue weighted by atomic mass is 16.1. The number of nitrogen functional groups attached to an aromatic ring is 1. The Bertz CT molecular complexity index is 1020. The zero-order valence-electron chi connectivity index (χ0n) is 13.8. The van der Waals surface area contributed by atoms with Crippen molar-refractivity contribution in [2.24, 2.45) is 0 Å². The number of benzene rings is 2. The number of para-hydroxylation sites is 1. The Balaban J connectivity index is 1.70. The number of nitrogens with zero attached hydrogens (tertiary/aromatic N) is 1. The second-order valence-electron chi connectivity index (χ2n) is 6.16. The maximum atomic E-state index is 12.9. The molecule has 3 heteroatoms. The van der Waals surface area contributed by atoms with Gasteiger partial charge in [0.1, 0.15) is 0 Å². The molecule has 1 aliphatic rings. The molecule has 1 aromatic heterocycles. The maximum absolute atomic E-state index is 12.9. The van der Waals surface area contributed by atoms with E-state index in [0.29, 0.717) is 17.7 Å². The molecule has 122 valence electrons. The second-order valence-corrected chi connectivity index (χ2v) is 6.16. The first-order valence-electron chi connectivity index (χ1n) is 8.38. The van der Waals surface area contributed by atoms with Crippen LogP contribution in [0.25, 0.3) is 17.0 Å². The molecule has 0 unspecified atom stereocenters. The van der Waals surface area contributed by atoms with E-state index >= 15 is 0 Å². The topological polar surface area (TPSA) is 56.0 Å². The number of allylic oxidation sites excluding steroid dienone is 3. The number of carbonyl (C=O) groups excluding carboxylic acids is 1. The Morgan fingerprint density at radius 3 is 2.56 bits per heavy atom. The Labute approximate surface area is 146 Å². The zero-order chi connectivity index (χ0) is 17.2. The highest BCUT2D eigenvalue weighted by Gasteiger charge is 2.26. The van der Waals surface area contributed by atoms with Gasteiger partial charge >= 0.3 is 0 Å². The number of ketones is 1. The zero-order valence-corrected chi connectivity index (χ0v) is 13.8. The number of pyridine rings is 1. The van der Waals surface area contributed by atoms with Gasteiger partial charge in [-0.25, -0.2) is 0 Å². The summed E-state index contributed by atoms with van der Waals surface area (Å²) in [4.78, 5) is 17.5. The molecular formula is C22H18N2O. The molecule has 0 radical (unpaired) electrons. The SMILES string of the molecule is Nc1c2c(nc3ccccc13)CC/C(=C\C=C\c1ccccc1)C2=O. The normalized spacial score (nSPS) is 15.8. The monoisotopic (exact) mass is 326 g/mol. The fraction of sp³-hybridized carbons (Fsp3) is 0.0909. The van der Waals surface area contributed by atoms with Gasteiger partial charge in [0.05, 0.1) is 22.5 Å². The van der Waals surface area contributed by atoms with Crippen molar-refractivity contribution in [2.45, 2.75) is 12.8 Å². The van der Waals surface area contributed by atoms with Crippen LogP contribution < -0.4 is 5.73 Å². The van der Waals surface area contributed by atoms with Crippen molar-refractivity contribution >= 4 is 28.4 Å². The van der Waals surface area contributed by atoms with Gasteiger partial charge in [0.15, 0.2) is 5.78 Å². The summed E-state index contributed by atoms with van der Waals surface area (Å²) in [6.07, 6.45) is 7.25. The minimum Gasteiger partial charge on any atom is -0.398 e. The summed E-state index contributed by atoms with van der Waals surface area (Å²) in [7, 11) is 0. The molecule has 2 N–H and O–H groups in total. The van der Waals surface area contributed by atoms with Crippen molar-refractivity contribution in [2.75, 3.05) is 5.73 Å². The van der Waals surface area contributed by atoms with Crippen LogP contribution in [0.3, 0.4) is 0 Å². The third-order valence-corrected chi connectivity index (χ3v) is 4.54. The van der Waals surface area contributed by atoms with Crippen LogP contribution in [0, 0.1) is 0 Å². The molecule has 0 saturated carbocycles. The standard InChI is InChI=1S/C22H18N2O/c23-21-17-11-4-5-12-18(17)24-19-14-13-16(22(25)20(19)21)10-6-9-15-7-2-1-3-8-15/h1-12H,13-14H2,(H2,23,24)/b9-6+,16-10+. The van der Waals surface area contributed by atoms with Crippen molar-refractivity contribution in [1.82, 2.24) is 4.98 Å². The third kappa shape index (κ3) is 2.85. The average molecular weight is 326 g/mol. The molecule has 3 aromatic rings. The van der Waals surface area contributed by atoms with Gasteiger partial charge in [0, 0.05) is 11.0 Å². The van der Waals surface area contributed by atoms with Gasteiger partial charge in [-0.15, -0.1) is 0 Å². The Hall–Kier alpha value is -3.20. The van der Waals surface area contributed by atoms with Gasteiger partial charge in [-0.3, -0.25) is 9.78 Å². The Morgan fingerprint density at radius 2 is 1.72 bits per heavy atom. The lowest BCUT2D eigenvalue weighted by Crippen LogP contribution is -2.18. The predicted octanol–water partition coefficient (Wildman–Crippen LogP) is 4.59. The third-order valence-electron chi connectivity index (χ3n) is 4.54. The molecule has 0 spiro atoms. The van der Waals surface area contributed by atoms with Crippen LogP contribution in [-0.2, 0) is 6.42 Å². The second kappa shape index (κ2) is 6.36. The summed E-state index contributed by atoms with van der Waals surface area (Å²) in [5.74, 6) is -0.00489. The molecule has 0 saturated heterocycles. The van der Waals surface area contributed by atoms with Crippen LogP contribution in [0.15, 0.2) is 72.3 Å². The number of rotatable bonds is 2. The molecule has 1 aliphatic carbocycles. The minimum absolute atomic E-state index is 0.00489. The van der Waals surface area contributed by atoms with Gasteiger partial charge in [-0.1, -0.05) is 66.8 Å². The smallest absolute Gasteiger partial charge is 0.192 e. The van der Waals surface area contributed by atoms with Crippen molar-refractivity contribution in [3.8, 4) is 0 Å². The highest BCUT2D eigenvalue weighted by Crippen LogP contribution is 2.33. The summed E-state index contributed by atoms with van der Waals surface area (Å²) in [5.41, 5.74) is 11.0. The van der Waals surface area contributed by atoms with E-state index in [4.69, 9.17) is 5.73 Å². The van der Waals surface area contributed by atoms with Crippen LogP contribution in [0.4, 0.5) is 5.69 Å². The molecule has 0 aliphatic heterocycles. The lowest BCUT2D eigenvalue weighted by molar-refractivity contribution is 0.102. The predicted molar refractivity (Wildman–Crippen MR) is 102 cm³/mol. The molecule has 25 heavy (non-hydrogen) atoms. The maximum Gasteiger partial charge on any atom is 0.192 e. The molecule has 0 fully saturated rings. The molecular weight excluding hydrogens is 308 g/mol. The van der Waals surface area contributed by atoms with Crippen LogP contribution in [0.2, 0.25) is 0 Å². The van der Waals surface area contributed by atoms with Crippen molar-refractivity contribution in [3.05, 3.63) is 89.1 Å². The van der Waals surface area contributed by atoms with E-state index in [1.807, 2.05) is 72.8 Å². The van der Waals surface area contributed by atoms with Crippen LogP contribution >= 0.6 is 0 Å². The Kier molecular flexibility index (Phi) is 3.90. The minimum atomic E-state index is -0.00489. The van der Waals surface area contributed by atoms with E-state index < -0.39 is 0 Å². The molecule has 3 nitrogen and oxygen atoms in total. The van der Waals surface area contributed by atoms with Crippen LogP contribution in [0.1, 0.15) is 28.0 Å². The van der Waals surface area contributed by atoms with Gasteiger partial charge in [0.2, 0.25) is 0 Å². The molecule has 0 amide bonds. The highest BCUT2D eigenvalue weighted by molar-refractivity contribution is 6.17. The number of hydrogen-bond acceptors (Lipinski definition) is 3. The van der Waals surface area contributed by atoms with E-state index in [0.717, 1.165) is 34.2 Å². The van der Waals surface area contributed by atoms with Crippen LogP contribution in [-0.4, -0.2) is 10.8 Å². The fourth-order valence-electron chi connectivity index (χ4n) is 3.25. The first-order valence-corrected chi connectivity index (χ1v) is 8.38. The lowest BCUT2D eigenvalue weighted by Gasteiger charge is -2.19. The first-order chi connectivity index (χ1) is 12.2. The number of hydrogen-bond donors (Lipinski definition) is 1. The molecule has 0 bridgehead atoms. The largest absolute Gasteiger partial charge is 0.398 e. The number of Topliss-reactive ketones (excluding diaryl/α,β-unsaturated/α-hetero) is 1. The summed E-state index contributed by atoms with van der Waals surface area (Å²) in [6, 6.07) is 17.7. The van der Waals surface area contributed by atoms with E-state index in [1.165, 1.54) is 0 Å². The first kappa shape index (κ1) is 15.3. The van der Waals surface area contributed by atoms with Crippen molar-refractivity contribution in [1.29, 1.82) is 0 Å².